The fourth-order valence-corrected chi connectivity index (χ4v) is 2.68. The van der Waals surface area contributed by atoms with Crippen molar-refractivity contribution in [2.45, 2.75) is 19.9 Å². The number of rotatable bonds is 7. The molecule has 0 saturated carbocycles. The fourth-order valence-electron chi connectivity index (χ4n) is 2.68. The molecule has 8 heteroatoms. The minimum Gasteiger partial charge on any atom is -0.481 e. The highest BCUT2D eigenvalue weighted by Gasteiger charge is 2.08. The average molecular weight is 366 g/mol. The highest BCUT2D eigenvalue weighted by molar-refractivity contribution is 5.94. The number of nitrogens with zero attached hydrogens (tertiary/aromatic N) is 4. The zero-order valence-corrected chi connectivity index (χ0v) is 15.3. The lowest BCUT2D eigenvalue weighted by Gasteiger charge is -2.08. The van der Waals surface area contributed by atoms with Gasteiger partial charge in [0.1, 0.15) is 5.82 Å². The van der Waals surface area contributed by atoms with Gasteiger partial charge in [-0.15, -0.1) is 0 Å². The van der Waals surface area contributed by atoms with E-state index in [9.17, 15) is 4.79 Å². The number of hydrogen-bond donors (Lipinski definition) is 2. The number of imidazole rings is 1. The molecule has 0 aliphatic carbocycles. The van der Waals surface area contributed by atoms with Crippen LogP contribution in [0.5, 0.6) is 5.88 Å². The number of carbonyl (C=O) groups is 1. The number of nitrogens with one attached hydrogen (secondary N) is 1. The minimum atomic E-state index is -0.108. The molecule has 3 N–H and O–H groups in total. The summed E-state index contributed by atoms with van der Waals surface area (Å²) in [5.74, 6) is 1.40. The Morgan fingerprint density at radius 2 is 2.04 bits per heavy atom. The molecular formula is C19H22N6O2. The molecular weight excluding hydrogens is 344 g/mol. The van der Waals surface area contributed by atoms with E-state index in [0.717, 1.165) is 24.4 Å². The number of benzene rings is 1. The normalized spacial score (nSPS) is 10.6. The van der Waals surface area contributed by atoms with Crippen molar-refractivity contribution in [1.29, 1.82) is 0 Å². The summed E-state index contributed by atoms with van der Waals surface area (Å²) in [4.78, 5) is 24.6. The van der Waals surface area contributed by atoms with Crippen LogP contribution in [0.25, 0.3) is 11.3 Å². The summed E-state index contributed by atoms with van der Waals surface area (Å²) in [5, 5.41) is 2.93. The molecule has 0 fully saturated rings. The van der Waals surface area contributed by atoms with Gasteiger partial charge in [-0.1, -0.05) is 12.1 Å². The lowest BCUT2D eigenvalue weighted by molar-refractivity contribution is 0.0952. The molecule has 0 bridgehead atoms. The van der Waals surface area contributed by atoms with E-state index >= 15 is 0 Å². The first-order valence-corrected chi connectivity index (χ1v) is 8.62. The second-order valence-corrected chi connectivity index (χ2v) is 6.01. The molecule has 0 saturated heterocycles. The number of carbonyl (C=O) groups excluding carboxylic acids is 1. The maximum atomic E-state index is 12.3. The van der Waals surface area contributed by atoms with Gasteiger partial charge in [-0.25, -0.2) is 9.97 Å². The van der Waals surface area contributed by atoms with Crippen molar-refractivity contribution in [3.8, 4) is 17.1 Å². The molecule has 3 aromatic rings. The third-order valence-corrected chi connectivity index (χ3v) is 4.16. The van der Waals surface area contributed by atoms with Crippen molar-refractivity contribution in [3.05, 3.63) is 54.1 Å². The summed E-state index contributed by atoms with van der Waals surface area (Å²) in [6.07, 6.45) is 4.54. The van der Waals surface area contributed by atoms with Crippen molar-refractivity contribution in [2.24, 2.45) is 0 Å². The Bertz CT molecular complexity index is 920. The summed E-state index contributed by atoms with van der Waals surface area (Å²) >= 11 is 0. The van der Waals surface area contributed by atoms with Crippen LogP contribution in [0, 0.1) is 6.92 Å². The summed E-state index contributed by atoms with van der Waals surface area (Å²) in [6, 6.07) is 8.87. The van der Waals surface area contributed by atoms with Gasteiger partial charge < -0.3 is 20.4 Å². The van der Waals surface area contributed by atoms with Gasteiger partial charge in [-0.05, 0) is 25.5 Å². The molecule has 2 aromatic heterocycles. The van der Waals surface area contributed by atoms with Gasteiger partial charge in [0, 0.05) is 42.7 Å². The Morgan fingerprint density at radius 3 is 2.70 bits per heavy atom. The number of aryl methyl sites for hydroxylation is 2. The van der Waals surface area contributed by atoms with Gasteiger partial charge in [-0.2, -0.15) is 4.98 Å². The second kappa shape index (κ2) is 8.31. The van der Waals surface area contributed by atoms with Crippen molar-refractivity contribution in [2.75, 3.05) is 19.4 Å². The summed E-state index contributed by atoms with van der Waals surface area (Å²) in [7, 11) is 1.52. The summed E-state index contributed by atoms with van der Waals surface area (Å²) in [5.41, 5.74) is 7.75. The Morgan fingerprint density at radius 1 is 1.26 bits per heavy atom. The largest absolute Gasteiger partial charge is 0.481 e. The fraction of sp³-hybridized carbons (Fsp3) is 0.263. The Balaban J connectivity index is 1.57. The number of anilines is 1. The third kappa shape index (κ3) is 4.60. The molecule has 1 amide bonds. The number of nitrogen functional groups attached to an aromatic ring is 1. The molecule has 0 aliphatic heterocycles. The predicted octanol–water partition coefficient (Wildman–Crippen LogP) is 2.06. The quantitative estimate of drug-likeness (QED) is 0.620. The van der Waals surface area contributed by atoms with Crippen LogP contribution < -0.4 is 15.8 Å². The van der Waals surface area contributed by atoms with E-state index < -0.39 is 0 Å². The number of amides is 1. The lowest BCUT2D eigenvalue weighted by atomic mass is 10.1. The molecule has 0 unspecified atom stereocenters. The average Bonchev–Trinajstić information content (AvgIpc) is 3.09. The number of nitrogens with two attached hydrogens (primary N) is 1. The van der Waals surface area contributed by atoms with Crippen molar-refractivity contribution in [3.63, 3.8) is 0 Å². The number of methoxy groups -OCH3 is 1. The highest BCUT2D eigenvalue weighted by Crippen LogP contribution is 2.22. The third-order valence-electron chi connectivity index (χ3n) is 4.16. The Kier molecular flexibility index (Phi) is 5.65. The van der Waals surface area contributed by atoms with Gasteiger partial charge in [0.05, 0.1) is 12.8 Å². The Hall–Kier alpha value is -3.42. The van der Waals surface area contributed by atoms with Crippen LogP contribution >= 0.6 is 0 Å². The molecule has 0 aliphatic rings. The van der Waals surface area contributed by atoms with E-state index in [1.54, 1.807) is 24.4 Å². The van der Waals surface area contributed by atoms with E-state index in [0.29, 0.717) is 23.7 Å². The maximum absolute atomic E-state index is 12.3. The predicted molar refractivity (Wildman–Crippen MR) is 102 cm³/mol. The molecule has 27 heavy (non-hydrogen) atoms. The first-order chi connectivity index (χ1) is 13.1. The summed E-state index contributed by atoms with van der Waals surface area (Å²) < 4.78 is 7.17. The monoisotopic (exact) mass is 366 g/mol. The summed E-state index contributed by atoms with van der Waals surface area (Å²) in [6.45, 7) is 3.38. The SMILES string of the molecule is COc1cc(-c2ccc(C(=O)NCCCn3ccnc3C)cc2)nc(N)n1. The molecule has 3 rings (SSSR count). The van der Waals surface area contributed by atoms with E-state index in [4.69, 9.17) is 10.5 Å². The van der Waals surface area contributed by atoms with Gasteiger partial charge in [0.15, 0.2) is 0 Å². The first kappa shape index (κ1) is 18.4. The van der Waals surface area contributed by atoms with Crippen LogP contribution in [0.2, 0.25) is 0 Å². The topological polar surface area (TPSA) is 108 Å². The van der Waals surface area contributed by atoms with Gasteiger partial charge in [0.25, 0.3) is 5.91 Å². The molecule has 0 spiro atoms. The van der Waals surface area contributed by atoms with E-state index in [-0.39, 0.29) is 11.9 Å². The molecule has 1 aromatic carbocycles. The van der Waals surface area contributed by atoms with Crippen LogP contribution in [0.15, 0.2) is 42.7 Å². The van der Waals surface area contributed by atoms with Gasteiger partial charge >= 0.3 is 0 Å². The number of ether oxygens (including phenoxy) is 1. The van der Waals surface area contributed by atoms with Crippen LogP contribution in [-0.2, 0) is 6.54 Å². The molecule has 2 heterocycles. The van der Waals surface area contributed by atoms with Gasteiger partial charge in [0.2, 0.25) is 11.8 Å². The van der Waals surface area contributed by atoms with Gasteiger partial charge in [-0.3, -0.25) is 4.79 Å². The zero-order chi connectivity index (χ0) is 19.2. The van der Waals surface area contributed by atoms with Crippen LogP contribution in [0.3, 0.4) is 0 Å². The van der Waals surface area contributed by atoms with Crippen LogP contribution in [0.4, 0.5) is 5.95 Å². The molecule has 0 atom stereocenters. The van der Waals surface area contributed by atoms with E-state index in [1.165, 1.54) is 7.11 Å². The standard InChI is InChI=1S/C19H22N6O2/c1-13-21-9-11-25(13)10-3-8-22-18(26)15-6-4-14(5-7-15)16-12-17(27-2)24-19(20)23-16/h4-7,9,11-12H,3,8,10H2,1-2H3,(H,22,26)(H2,20,23,24). The lowest BCUT2D eigenvalue weighted by Crippen LogP contribution is -2.25. The van der Waals surface area contributed by atoms with Crippen LogP contribution in [-0.4, -0.2) is 39.1 Å². The molecule has 0 radical (unpaired) electrons. The van der Waals surface area contributed by atoms with Crippen LogP contribution in [0.1, 0.15) is 22.6 Å². The maximum Gasteiger partial charge on any atom is 0.251 e. The van der Waals surface area contributed by atoms with Crippen molar-refractivity contribution in [1.82, 2.24) is 24.8 Å². The first-order valence-electron chi connectivity index (χ1n) is 8.62. The number of hydrogen-bond acceptors (Lipinski definition) is 6. The van der Waals surface area contributed by atoms with E-state index in [2.05, 4.69) is 24.8 Å². The highest BCUT2D eigenvalue weighted by atomic mass is 16.5. The van der Waals surface area contributed by atoms with E-state index in [1.807, 2.05) is 25.3 Å². The smallest absolute Gasteiger partial charge is 0.251 e. The zero-order valence-electron chi connectivity index (χ0n) is 15.3. The van der Waals surface area contributed by atoms with Crippen molar-refractivity contribution < 1.29 is 9.53 Å². The Labute approximate surface area is 157 Å². The minimum absolute atomic E-state index is 0.108. The second-order valence-electron chi connectivity index (χ2n) is 6.01. The van der Waals surface area contributed by atoms with Crippen molar-refractivity contribution >= 4 is 11.9 Å². The molecule has 8 nitrogen and oxygen atoms in total. The molecule has 140 valence electrons. The number of aromatic nitrogens is 4.